The molecule has 1 aromatic carbocycles. The van der Waals surface area contributed by atoms with Gasteiger partial charge in [-0.2, -0.15) is 0 Å². The highest BCUT2D eigenvalue weighted by Gasteiger charge is 2.18. The van der Waals surface area contributed by atoms with Crippen molar-refractivity contribution in [3.05, 3.63) is 29.8 Å². The molecule has 0 unspecified atom stereocenters. The van der Waals surface area contributed by atoms with Gasteiger partial charge in [0.15, 0.2) is 0 Å². The zero-order valence-corrected chi connectivity index (χ0v) is 12.1. The van der Waals surface area contributed by atoms with E-state index in [1.165, 1.54) is 49.8 Å². The van der Waals surface area contributed by atoms with Crippen molar-refractivity contribution in [2.75, 3.05) is 5.32 Å². The number of rotatable bonds is 4. The maximum atomic E-state index is 3.68. The number of anilines is 1. The molecule has 1 heteroatoms. The molecule has 18 heavy (non-hydrogen) atoms. The van der Waals surface area contributed by atoms with Crippen molar-refractivity contribution >= 4 is 5.69 Å². The van der Waals surface area contributed by atoms with E-state index < -0.39 is 0 Å². The Morgan fingerprint density at radius 3 is 2.22 bits per heavy atom. The summed E-state index contributed by atoms with van der Waals surface area (Å²) in [5.41, 5.74) is 3.03. The van der Waals surface area contributed by atoms with Gasteiger partial charge < -0.3 is 5.32 Å². The van der Waals surface area contributed by atoms with Gasteiger partial charge in [0.25, 0.3) is 0 Å². The second-order valence-corrected chi connectivity index (χ2v) is 6.29. The number of nitrogens with one attached hydrogen (secondary N) is 1. The van der Waals surface area contributed by atoms with Crippen LogP contribution in [-0.4, -0.2) is 6.04 Å². The lowest BCUT2D eigenvalue weighted by Crippen LogP contribution is -2.22. The normalized spacial score (nSPS) is 17.7. The third kappa shape index (κ3) is 3.28. The molecule has 1 nitrogen and oxygen atoms in total. The lowest BCUT2D eigenvalue weighted by atomic mass is 9.82. The van der Waals surface area contributed by atoms with Crippen LogP contribution in [0.25, 0.3) is 0 Å². The summed E-state index contributed by atoms with van der Waals surface area (Å²) >= 11 is 0. The van der Waals surface area contributed by atoms with Gasteiger partial charge in [-0.3, -0.25) is 0 Å². The molecule has 1 aliphatic rings. The van der Waals surface area contributed by atoms with E-state index in [0.717, 1.165) is 0 Å². The third-order valence-corrected chi connectivity index (χ3v) is 4.53. The second kappa shape index (κ2) is 5.77. The van der Waals surface area contributed by atoms with Crippen LogP contribution in [0.15, 0.2) is 24.3 Å². The summed E-state index contributed by atoms with van der Waals surface area (Å²) in [4.78, 5) is 0. The minimum atomic E-state index is 0.295. The fourth-order valence-corrected chi connectivity index (χ4v) is 2.70. The Bertz CT molecular complexity index is 358. The molecule has 0 saturated heterocycles. The first-order valence-electron chi connectivity index (χ1n) is 7.49. The summed E-state index contributed by atoms with van der Waals surface area (Å²) in [5, 5.41) is 3.68. The van der Waals surface area contributed by atoms with Crippen molar-refractivity contribution in [3.63, 3.8) is 0 Å². The molecule has 0 atom stereocenters. The van der Waals surface area contributed by atoms with Crippen LogP contribution in [0.5, 0.6) is 0 Å². The van der Waals surface area contributed by atoms with Gasteiger partial charge in [0.1, 0.15) is 0 Å². The zero-order valence-electron chi connectivity index (χ0n) is 12.1. The van der Waals surface area contributed by atoms with E-state index in [9.17, 15) is 0 Å². The van der Waals surface area contributed by atoms with E-state index in [1.807, 2.05) is 0 Å². The van der Waals surface area contributed by atoms with Crippen LogP contribution >= 0.6 is 0 Å². The predicted octanol–water partition coefficient (Wildman–Crippen LogP) is 5.12. The van der Waals surface area contributed by atoms with Crippen LogP contribution in [0.1, 0.15) is 64.9 Å². The van der Waals surface area contributed by atoms with E-state index in [2.05, 4.69) is 50.4 Å². The molecule has 0 spiro atoms. The second-order valence-electron chi connectivity index (χ2n) is 6.29. The minimum Gasteiger partial charge on any atom is -0.382 e. The van der Waals surface area contributed by atoms with Gasteiger partial charge in [-0.25, -0.2) is 0 Å². The fraction of sp³-hybridized carbons (Fsp3) is 0.647. The van der Waals surface area contributed by atoms with Crippen LogP contribution in [0.2, 0.25) is 0 Å². The molecule has 0 aliphatic heterocycles. The Kier molecular flexibility index (Phi) is 4.31. The predicted molar refractivity (Wildman–Crippen MR) is 80.3 cm³/mol. The summed E-state index contributed by atoms with van der Waals surface area (Å²) < 4.78 is 0. The monoisotopic (exact) mass is 245 g/mol. The zero-order chi connectivity index (χ0) is 13.0. The van der Waals surface area contributed by atoms with Gasteiger partial charge in [0, 0.05) is 11.7 Å². The van der Waals surface area contributed by atoms with E-state index >= 15 is 0 Å². The summed E-state index contributed by atoms with van der Waals surface area (Å²) in [7, 11) is 0. The molecule has 0 bridgehead atoms. The van der Waals surface area contributed by atoms with Crippen molar-refractivity contribution < 1.29 is 0 Å². The van der Waals surface area contributed by atoms with Crippen LogP contribution in [-0.2, 0) is 5.41 Å². The smallest absolute Gasteiger partial charge is 0.0342 e. The van der Waals surface area contributed by atoms with Crippen LogP contribution in [0.3, 0.4) is 0 Å². The van der Waals surface area contributed by atoms with Crippen LogP contribution in [0.4, 0.5) is 5.69 Å². The molecule has 0 heterocycles. The lowest BCUT2D eigenvalue weighted by Gasteiger charge is -2.26. The largest absolute Gasteiger partial charge is 0.382 e. The third-order valence-electron chi connectivity index (χ3n) is 4.53. The molecule has 0 radical (unpaired) electrons. The maximum absolute atomic E-state index is 3.68. The molecule has 100 valence electrons. The molecule has 1 aliphatic carbocycles. The number of benzene rings is 1. The van der Waals surface area contributed by atoms with E-state index in [4.69, 9.17) is 0 Å². The lowest BCUT2D eigenvalue weighted by molar-refractivity contribution is 0.462. The Labute approximate surface area is 112 Å². The first-order valence-corrected chi connectivity index (χ1v) is 7.49. The van der Waals surface area contributed by atoms with Crippen molar-refractivity contribution in [1.29, 1.82) is 0 Å². The number of hydrogen-bond donors (Lipinski definition) is 1. The Hall–Kier alpha value is -0.980. The molecule has 1 aromatic rings. The van der Waals surface area contributed by atoms with Gasteiger partial charge >= 0.3 is 0 Å². The molecule has 2 rings (SSSR count). The van der Waals surface area contributed by atoms with Crippen LogP contribution < -0.4 is 5.32 Å². The Balaban J connectivity index is 1.99. The Morgan fingerprint density at radius 2 is 1.67 bits per heavy atom. The topological polar surface area (TPSA) is 12.0 Å². The molecule has 1 saturated carbocycles. The van der Waals surface area contributed by atoms with Crippen molar-refractivity contribution in [2.45, 2.75) is 70.8 Å². The quantitative estimate of drug-likeness (QED) is 0.776. The van der Waals surface area contributed by atoms with Gasteiger partial charge in [0.2, 0.25) is 0 Å². The van der Waals surface area contributed by atoms with Crippen molar-refractivity contribution in [3.8, 4) is 0 Å². The van der Waals surface area contributed by atoms with E-state index in [0.29, 0.717) is 11.5 Å². The summed E-state index contributed by atoms with van der Waals surface area (Å²) in [6.07, 6.45) is 8.05. The fourth-order valence-electron chi connectivity index (χ4n) is 2.70. The van der Waals surface area contributed by atoms with E-state index in [1.54, 1.807) is 0 Å². The summed E-state index contributed by atoms with van der Waals surface area (Å²) in [6.45, 7) is 6.89. The molecule has 0 aromatic heterocycles. The molecule has 0 amide bonds. The Morgan fingerprint density at radius 1 is 1.06 bits per heavy atom. The molecule has 1 fully saturated rings. The SMILES string of the molecule is CCC(C)(C)c1ccc(NC2CCCCC2)cc1. The highest BCUT2D eigenvalue weighted by Crippen LogP contribution is 2.28. The van der Waals surface area contributed by atoms with Gasteiger partial charge in [-0.05, 0) is 42.4 Å². The van der Waals surface area contributed by atoms with Gasteiger partial charge in [-0.15, -0.1) is 0 Å². The van der Waals surface area contributed by atoms with Gasteiger partial charge in [0.05, 0.1) is 0 Å². The summed E-state index contributed by atoms with van der Waals surface area (Å²) in [6, 6.07) is 9.77. The minimum absolute atomic E-state index is 0.295. The highest BCUT2D eigenvalue weighted by molar-refractivity contribution is 5.46. The van der Waals surface area contributed by atoms with E-state index in [-0.39, 0.29) is 0 Å². The standard InChI is InChI=1S/C17H27N/c1-4-17(2,3)14-10-12-16(13-11-14)18-15-8-6-5-7-9-15/h10-13,15,18H,4-9H2,1-3H3. The first-order chi connectivity index (χ1) is 8.62. The van der Waals surface area contributed by atoms with Crippen LogP contribution in [0, 0.1) is 0 Å². The molecular weight excluding hydrogens is 218 g/mol. The van der Waals surface area contributed by atoms with Crippen molar-refractivity contribution in [2.24, 2.45) is 0 Å². The first kappa shape index (κ1) is 13.5. The molecular formula is C17H27N. The summed E-state index contributed by atoms with van der Waals surface area (Å²) in [5.74, 6) is 0. The van der Waals surface area contributed by atoms with Gasteiger partial charge in [-0.1, -0.05) is 52.2 Å². The maximum Gasteiger partial charge on any atom is 0.0342 e. The highest BCUT2D eigenvalue weighted by atomic mass is 14.9. The van der Waals surface area contributed by atoms with Crippen molar-refractivity contribution in [1.82, 2.24) is 0 Å². The average molecular weight is 245 g/mol. The number of hydrogen-bond acceptors (Lipinski definition) is 1. The molecule has 1 N–H and O–H groups in total. The average Bonchev–Trinajstić information content (AvgIpc) is 2.40.